The Labute approximate surface area is 221 Å². The van der Waals surface area contributed by atoms with Gasteiger partial charge in [0.25, 0.3) is 0 Å². The summed E-state index contributed by atoms with van der Waals surface area (Å²) in [6.45, 7) is 0.209. The average Bonchev–Trinajstić information content (AvgIpc) is 3.33. The molecule has 0 bridgehead atoms. The number of carboxylic acids is 1. The topological polar surface area (TPSA) is 98.3 Å². The number of halogens is 2. The van der Waals surface area contributed by atoms with E-state index in [1.165, 1.54) is 29.8 Å². The summed E-state index contributed by atoms with van der Waals surface area (Å²) in [5.41, 5.74) is 11.4. The van der Waals surface area contributed by atoms with Crippen molar-refractivity contribution in [2.75, 3.05) is 0 Å². The maximum atomic E-state index is 13.9. The zero-order chi connectivity index (χ0) is 25.9. The van der Waals surface area contributed by atoms with E-state index < -0.39 is 12.0 Å². The monoisotopic (exact) mass is 533 g/mol. The van der Waals surface area contributed by atoms with E-state index in [2.05, 4.69) is 9.97 Å². The van der Waals surface area contributed by atoms with Gasteiger partial charge in [-0.2, -0.15) is 0 Å². The number of thiophene rings is 1. The molecular formula is C28H21ClFN3O3S. The summed E-state index contributed by atoms with van der Waals surface area (Å²) < 4.78 is 20.8. The molecule has 0 saturated heterocycles. The molecule has 3 N–H and O–H groups in total. The highest BCUT2D eigenvalue weighted by Crippen LogP contribution is 2.37. The average molecular weight is 534 g/mol. The first kappa shape index (κ1) is 24.8. The van der Waals surface area contributed by atoms with Crippen LogP contribution in [-0.2, 0) is 17.8 Å². The van der Waals surface area contributed by atoms with Crippen molar-refractivity contribution in [3.8, 4) is 28.1 Å². The number of carboxylic acid groups (broad SMARTS) is 1. The molecule has 2 aromatic heterocycles. The second-order valence-electron chi connectivity index (χ2n) is 8.45. The number of rotatable bonds is 8. The van der Waals surface area contributed by atoms with Gasteiger partial charge in [0, 0.05) is 16.0 Å². The highest BCUT2D eigenvalue weighted by molar-refractivity contribution is 7.18. The van der Waals surface area contributed by atoms with Crippen molar-refractivity contribution in [2.45, 2.75) is 19.1 Å². The maximum Gasteiger partial charge on any atom is 0.320 e. The van der Waals surface area contributed by atoms with Gasteiger partial charge in [0.2, 0.25) is 5.88 Å². The number of carbonyl (C=O) groups is 1. The molecule has 1 atom stereocenters. The van der Waals surface area contributed by atoms with Crippen LogP contribution in [0.5, 0.6) is 5.88 Å². The van der Waals surface area contributed by atoms with E-state index in [1.54, 1.807) is 18.2 Å². The Morgan fingerprint density at radius 2 is 1.86 bits per heavy atom. The van der Waals surface area contributed by atoms with Gasteiger partial charge in [0.05, 0.1) is 5.52 Å². The molecule has 0 aliphatic heterocycles. The van der Waals surface area contributed by atoms with Gasteiger partial charge < -0.3 is 15.6 Å². The second-order valence-corrected chi connectivity index (χ2v) is 9.77. The molecule has 0 amide bonds. The summed E-state index contributed by atoms with van der Waals surface area (Å²) in [5.74, 6) is -0.907. The molecule has 0 aliphatic rings. The van der Waals surface area contributed by atoms with Gasteiger partial charge in [-0.05, 0) is 58.5 Å². The quantitative estimate of drug-likeness (QED) is 0.241. The van der Waals surface area contributed by atoms with Gasteiger partial charge in [-0.25, -0.2) is 14.4 Å². The van der Waals surface area contributed by atoms with Crippen LogP contribution in [0.25, 0.3) is 32.5 Å². The van der Waals surface area contributed by atoms with Gasteiger partial charge in [-0.3, -0.25) is 4.79 Å². The smallest absolute Gasteiger partial charge is 0.320 e. The van der Waals surface area contributed by atoms with Crippen LogP contribution in [0, 0.1) is 5.82 Å². The normalized spacial score (nSPS) is 12.0. The molecule has 186 valence electrons. The third-order valence-electron chi connectivity index (χ3n) is 5.93. The van der Waals surface area contributed by atoms with E-state index >= 15 is 0 Å². The van der Waals surface area contributed by atoms with Crippen LogP contribution >= 0.6 is 22.9 Å². The summed E-state index contributed by atoms with van der Waals surface area (Å²) in [7, 11) is 0. The number of aliphatic carboxylic acids is 1. The Morgan fingerprint density at radius 3 is 2.62 bits per heavy atom. The Hall–Kier alpha value is -3.85. The van der Waals surface area contributed by atoms with Gasteiger partial charge in [0.15, 0.2) is 0 Å². The highest BCUT2D eigenvalue weighted by Gasteiger charge is 2.16. The maximum absolute atomic E-state index is 13.9. The fourth-order valence-electron chi connectivity index (χ4n) is 4.04. The van der Waals surface area contributed by atoms with Crippen molar-refractivity contribution in [1.82, 2.24) is 9.97 Å². The van der Waals surface area contributed by atoms with Crippen LogP contribution in [0.2, 0.25) is 5.02 Å². The predicted octanol–water partition coefficient (Wildman–Crippen LogP) is 6.35. The van der Waals surface area contributed by atoms with Crippen LogP contribution in [0.15, 0.2) is 78.4 Å². The Kier molecular flexibility index (Phi) is 7.14. The fraction of sp³-hybridized carbons (Fsp3) is 0.107. The molecular weight excluding hydrogens is 513 g/mol. The van der Waals surface area contributed by atoms with Crippen molar-refractivity contribution < 1.29 is 19.0 Å². The summed E-state index contributed by atoms with van der Waals surface area (Å²) in [5, 5.41) is 11.6. The van der Waals surface area contributed by atoms with Gasteiger partial charge in [-0.15, -0.1) is 11.3 Å². The lowest BCUT2D eigenvalue weighted by Gasteiger charge is -2.12. The third-order valence-corrected chi connectivity index (χ3v) is 7.12. The first-order valence-electron chi connectivity index (χ1n) is 11.4. The molecule has 37 heavy (non-hydrogen) atoms. The van der Waals surface area contributed by atoms with Crippen LogP contribution in [0.4, 0.5) is 4.39 Å². The first-order chi connectivity index (χ1) is 17.9. The minimum Gasteiger partial charge on any atom is -0.480 e. The molecule has 9 heteroatoms. The largest absolute Gasteiger partial charge is 0.480 e. The lowest BCUT2D eigenvalue weighted by molar-refractivity contribution is -0.138. The first-order valence-corrected chi connectivity index (χ1v) is 12.6. The molecule has 2 heterocycles. The van der Waals surface area contributed by atoms with E-state index in [0.717, 1.165) is 38.0 Å². The van der Waals surface area contributed by atoms with Crippen molar-refractivity contribution >= 4 is 39.1 Å². The van der Waals surface area contributed by atoms with E-state index in [4.69, 9.17) is 27.2 Å². The minimum absolute atomic E-state index is 0.209. The van der Waals surface area contributed by atoms with E-state index in [0.29, 0.717) is 16.5 Å². The minimum atomic E-state index is -1.03. The number of hydrogen-bond donors (Lipinski definition) is 2. The van der Waals surface area contributed by atoms with Crippen molar-refractivity contribution in [3.63, 3.8) is 0 Å². The molecule has 0 fully saturated rings. The van der Waals surface area contributed by atoms with E-state index in [9.17, 15) is 9.18 Å². The molecule has 5 aromatic rings. The Morgan fingerprint density at radius 1 is 1.05 bits per heavy atom. The number of fused-ring (bicyclic) bond motifs is 1. The summed E-state index contributed by atoms with van der Waals surface area (Å²) in [6, 6.07) is 18.4. The van der Waals surface area contributed by atoms with Crippen molar-refractivity contribution in [3.05, 3.63) is 100 Å². The van der Waals surface area contributed by atoms with Crippen LogP contribution in [0.1, 0.15) is 11.1 Å². The van der Waals surface area contributed by atoms with E-state index in [1.807, 2.05) is 41.8 Å². The number of hydrogen-bond acceptors (Lipinski definition) is 6. The lowest BCUT2D eigenvalue weighted by atomic mass is 10.00. The molecule has 0 radical (unpaired) electrons. The van der Waals surface area contributed by atoms with Crippen LogP contribution in [0.3, 0.4) is 0 Å². The molecule has 0 unspecified atom stereocenters. The van der Waals surface area contributed by atoms with E-state index in [-0.39, 0.29) is 18.8 Å². The Bertz CT molecular complexity index is 1590. The third kappa shape index (κ3) is 5.46. The van der Waals surface area contributed by atoms with Gasteiger partial charge in [0.1, 0.15) is 29.5 Å². The molecule has 0 aliphatic carbocycles. The molecule has 0 saturated carbocycles. The number of benzene rings is 3. The summed E-state index contributed by atoms with van der Waals surface area (Å²) in [4.78, 5) is 19.9. The van der Waals surface area contributed by atoms with Crippen LogP contribution in [-0.4, -0.2) is 27.1 Å². The predicted molar refractivity (Wildman–Crippen MR) is 143 cm³/mol. The zero-order valence-electron chi connectivity index (χ0n) is 19.4. The van der Waals surface area contributed by atoms with Crippen molar-refractivity contribution in [1.29, 1.82) is 0 Å². The lowest BCUT2D eigenvalue weighted by Crippen LogP contribution is -2.32. The molecule has 0 spiro atoms. The fourth-order valence-corrected chi connectivity index (χ4v) is 5.19. The number of aromatic nitrogens is 2. The van der Waals surface area contributed by atoms with Crippen molar-refractivity contribution in [2.24, 2.45) is 5.73 Å². The summed E-state index contributed by atoms with van der Waals surface area (Å²) >= 11 is 7.70. The SMILES string of the molecule is N[C@@H](Cc1ccc(-c2csc3c(OCc4ccc(Cl)cc4-c4cccc(F)c4)ncnc23)cc1)C(=O)O. The number of nitrogens with zero attached hydrogens (tertiary/aromatic N) is 2. The number of nitrogens with two attached hydrogens (primary N) is 1. The molecule has 5 rings (SSSR count). The highest BCUT2D eigenvalue weighted by atomic mass is 35.5. The standard InChI is InChI=1S/C28H21ClFN3O3S/c29-20-9-8-19(22(12-20)18-2-1-3-21(30)11-18)13-36-27-26-25(32-15-33-27)23(14-37-26)17-6-4-16(5-7-17)10-24(31)28(34)35/h1-9,11-12,14-15,24H,10,13,31H2,(H,34,35)/t24-/m0/s1. The molecule has 3 aromatic carbocycles. The second kappa shape index (κ2) is 10.6. The number of ether oxygens (including phenoxy) is 1. The zero-order valence-corrected chi connectivity index (χ0v) is 21.0. The van der Waals surface area contributed by atoms with Gasteiger partial charge >= 0.3 is 5.97 Å². The summed E-state index contributed by atoms with van der Waals surface area (Å²) in [6.07, 6.45) is 1.71. The van der Waals surface area contributed by atoms with Gasteiger partial charge in [-0.1, -0.05) is 54.1 Å². The Balaban J connectivity index is 1.40. The van der Waals surface area contributed by atoms with Crippen LogP contribution < -0.4 is 10.5 Å². The molecule has 6 nitrogen and oxygen atoms in total.